The molecule has 0 spiro atoms. The van der Waals surface area contributed by atoms with Crippen LogP contribution in [-0.4, -0.2) is 11.6 Å². The molecule has 6 heteroatoms. The van der Waals surface area contributed by atoms with Crippen LogP contribution < -0.4 is 19.3 Å². The molecule has 2 aliphatic heterocycles. The van der Waals surface area contributed by atoms with Gasteiger partial charge in [0.15, 0.2) is 34.6 Å². The molecule has 1 aliphatic carbocycles. The van der Waals surface area contributed by atoms with Crippen LogP contribution in [0.2, 0.25) is 0 Å². The summed E-state index contributed by atoms with van der Waals surface area (Å²) >= 11 is 0. The Morgan fingerprint density at radius 1 is 0.364 bits per heavy atom. The number of benzene rings is 6. The number of anilines is 6. The largest absolute Gasteiger partial charge is 0.453 e. The van der Waals surface area contributed by atoms with Crippen molar-refractivity contribution >= 4 is 45.7 Å². The Morgan fingerprint density at radius 3 is 1.02 bits per heavy atom. The maximum atomic E-state index is 14.0. The van der Waals surface area contributed by atoms with E-state index in [1.54, 1.807) is 12.1 Å². The Labute approximate surface area is 252 Å². The van der Waals surface area contributed by atoms with Crippen molar-refractivity contribution in [1.29, 1.82) is 0 Å². The quantitative estimate of drug-likeness (QED) is 0.206. The molecule has 3 aliphatic rings. The smallest absolute Gasteiger partial charge is 0.194 e. The van der Waals surface area contributed by atoms with Gasteiger partial charge in [0.2, 0.25) is 0 Å². The number of carbonyl (C=O) groups is 2. The summed E-state index contributed by atoms with van der Waals surface area (Å²) < 4.78 is 12.3. The van der Waals surface area contributed by atoms with Crippen molar-refractivity contribution in [2.45, 2.75) is 0 Å². The molecular weight excluding hydrogens is 548 g/mol. The Hall–Kier alpha value is -6.14. The van der Waals surface area contributed by atoms with E-state index < -0.39 is 0 Å². The van der Waals surface area contributed by atoms with Crippen LogP contribution in [0.1, 0.15) is 31.8 Å². The Morgan fingerprint density at radius 2 is 0.682 bits per heavy atom. The van der Waals surface area contributed by atoms with Crippen molar-refractivity contribution in [1.82, 2.24) is 0 Å². The molecule has 0 aromatic heterocycles. The minimum Gasteiger partial charge on any atom is -0.453 e. The number of nitrogens with zero attached hydrogens (tertiary/aromatic N) is 2. The zero-order chi connectivity index (χ0) is 29.4. The van der Waals surface area contributed by atoms with Crippen LogP contribution in [0, 0.1) is 0 Å². The summed E-state index contributed by atoms with van der Waals surface area (Å²) in [7, 11) is 0. The van der Waals surface area contributed by atoms with E-state index in [0.29, 0.717) is 22.3 Å². The van der Waals surface area contributed by atoms with Crippen molar-refractivity contribution < 1.29 is 19.1 Å². The van der Waals surface area contributed by atoms with Crippen LogP contribution in [0.5, 0.6) is 23.0 Å². The fourth-order valence-corrected chi connectivity index (χ4v) is 6.37. The molecule has 0 saturated carbocycles. The first kappa shape index (κ1) is 24.5. The summed E-state index contributed by atoms with van der Waals surface area (Å²) in [6.45, 7) is 0. The molecule has 0 amide bonds. The summed E-state index contributed by atoms with van der Waals surface area (Å²) in [5.74, 6) is 2.51. The molecule has 0 bridgehead atoms. The van der Waals surface area contributed by atoms with Crippen molar-refractivity contribution in [3.8, 4) is 23.0 Å². The Bertz CT molecular complexity index is 1960. The van der Waals surface area contributed by atoms with Crippen LogP contribution in [0.25, 0.3) is 0 Å². The van der Waals surface area contributed by atoms with Gasteiger partial charge in [0.25, 0.3) is 0 Å². The molecule has 0 fully saturated rings. The number of para-hydroxylation sites is 8. The molecule has 9 rings (SSSR count). The molecule has 6 nitrogen and oxygen atoms in total. The summed E-state index contributed by atoms with van der Waals surface area (Å²) in [5.41, 5.74) is 6.53. The highest BCUT2D eigenvalue weighted by molar-refractivity contribution is 6.29. The van der Waals surface area contributed by atoms with Gasteiger partial charge in [-0.05, 0) is 84.9 Å². The third-order valence-electron chi connectivity index (χ3n) is 8.37. The highest BCUT2D eigenvalue weighted by Crippen LogP contribution is 2.52. The topological polar surface area (TPSA) is 59.1 Å². The summed E-state index contributed by atoms with van der Waals surface area (Å²) in [5, 5.41) is 0. The average Bonchev–Trinajstić information content (AvgIpc) is 3.08. The number of ether oxygens (including phenoxy) is 2. The zero-order valence-electron chi connectivity index (χ0n) is 23.2. The number of hydrogen-bond donors (Lipinski definition) is 0. The van der Waals surface area contributed by atoms with Gasteiger partial charge in [-0.25, -0.2) is 0 Å². The predicted molar refractivity (Wildman–Crippen MR) is 169 cm³/mol. The number of ketones is 2. The lowest BCUT2D eigenvalue weighted by molar-refractivity contribution is 0.0979. The zero-order valence-corrected chi connectivity index (χ0v) is 23.2. The van der Waals surface area contributed by atoms with E-state index in [0.717, 1.165) is 57.1 Å². The average molecular weight is 571 g/mol. The second-order valence-corrected chi connectivity index (χ2v) is 10.9. The van der Waals surface area contributed by atoms with Gasteiger partial charge >= 0.3 is 0 Å². The van der Waals surface area contributed by atoms with Gasteiger partial charge in [0, 0.05) is 33.6 Å². The summed E-state index contributed by atoms with van der Waals surface area (Å²) in [4.78, 5) is 32.2. The van der Waals surface area contributed by atoms with E-state index in [-0.39, 0.29) is 11.6 Å². The Kier molecular flexibility index (Phi) is 5.10. The van der Waals surface area contributed by atoms with Gasteiger partial charge in [0.1, 0.15) is 0 Å². The van der Waals surface area contributed by atoms with Crippen molar-refractivity contribution in [3.05, 3.63) is 156 Å². The number of hydrogen-bond acceptors (Lipinski definition) is 6. The van der Waals surface area contributed by atoms with E-state index in [1.165, 1.54) is 0 Å². The van der Waals surface area contributed by atoms with E-state index >= 15 is 0 Å². The highest BCUT2D eigenvalue weighted by Gasteiger charge is 2.34. The minimum atomic E-state index is -0.180. The second-order valence-electron chi connectivity index (χ2n) is 10.9. The molecule has 0 unspecified atom stereocenters. The predicted octanol–water partition coefficient (Wildman–Crippen LogP) is 9.61. The van der Waals surface area contributed by atoms with E-state index in [4.69, 9.17) is 9.47 Å². The first-order valence-corrected chi connectivity index (χ1v) is 14.4. The lowest BCUT2D eigenvalue weighted by atomic mass is 9.83. The molecule has 0 saturated heterocycles. The number of carbonyl (C=O) groups excluding carboxylic acids is 2. The van der Waals surface area contributed by atoms with Crippen LogP contribution in [0.3, 0.4) is 0 Å². The first-order valence-electron chi connectivity index (χ1n) is 14.4. The molecule has 0 radical (unpaired) electrons. The van der Waals surface area contributed by atoms with Gasteiger partial charge in [-0.1, -0.05) is 48.5 Å². The maximum absolute atomic E-state index is 14.0. The number of rotatable bonds is 2. The second kappa shape index (κ2) is 9.18. The molecule has 0 N–H and O–H groups in total. The van der Waals surface area contributed by atoms with Crippen LogP contribution in [0.15, 0.2) is 133 Å². The fraction of sp³-hybridized carbons (Fsp3) is 0. The van der Waals surface area contributed by atoms with Crippen LogP contribution >= 0.6 is 0 Å². The summed E-state index contributed by atoms with van der Waals surface area (Å²) in [6, 6.07) is 42.1. The molecular formula is C38H22N2O4. The van der Waals surface area contributed by atoms with E-state index in [2.05, 4.69) is 9.80 Å². The van der Waals surface area contributed by atoms with Gasteiger partial charge in [0.05, 0.1) is 22.7 Å². The van der Waals surface area contributed by atoms with E-state index in [1.807, 2.05) is 121 Å². The maximum Gasteiger partial charge on any atom is 0.194 e. The highest BCUT2D eigenvalue weighted by atomic mass is 16.5. The third kappa shape index (κ3) is 3.48. The van der Waals surface area contributed by atoms with Crippen LogP contribution in [0.4, 0.5) is 34.1 Å². The molecule has 44 heavy (non-hydrogen) atoms. The van der Waals surface area contributed by atoms with Crippen molar-refractivity contribution in [2.75, 3.05) is 9.80 Å². The lowest BCUT2D eigenvalue weighted by Gasteiger charge is -2.34. The molecule has 0 atom stereocenters. The number of fused-ring (bicyclic) bond motifs is 6. The standard InChI is InChI=1S/C38H22N2O4/c41-37-26-20-18-24(40-31-11-3-7-15-35(31)44-36-16-8-4-12-32(36)40)22-28(26)38(42)25-19-17-23(21-27(25)37)39-29-9-1-5-13-33(29)43-34-14-6-2-10-30(34)39/h1-22H. The normalized spacial score (nSPS) is 13.8. The van der Waals surface area contributed by atoms with Crippen molar-refractivity contribution in [2.24, 2.45) is 0 Å². The van der Waals surface area contributed by atoms with Gasteiger partial charge in [-0.3, -0.25) is 9.59 Å². The SMILES string of the molecule is O=C1c2ccc(N3c4ccccc4Oc4ccccc43)cc2C(=O)c2ccc(N3c4ccccc4Oc4ccccc43)cc21. The Balaban J connectivity index is 1.15. The van der Waals surface area contributed by atoms with Gasteiger partial charge < -0.3 is 19.3 Å². The fourth-order valence-electron chi connectivity index (χ4n) is 6.37. The lowest BCUT2D eigenvalue weighted by Crippen LogP contribution is -2.23. The molecule has 208 valence electrons. The van der Waals surface area contributed by atoms with Crippen molar-refractivity contribution in [3.63, 3.8) is 0 Å². The summed E-state index contributed by atoms with van der Waals surface area (Å²) in [6.07, 6.45) is 0. The minimum absolute atomic E-state index is 0.180. The van der Waals surface area contributed by atoms with Crippen LogP contribution in [-0.2, 0) is 0 Å². The van der Waals surface area contributed by atoms with Gasteiger partial charge in [-0.2, -0.15) is 0 Å². The first-order chi connectivity index (χ1) is 21.7. The van der Waals surface area contributed by atoms with E-state index in [9.17, 15) is 9.59 Å². The monoisotopic (exact) mass is 570 g/mol. The molecule has 6 aromatic carbocycles. The van der Waals surface area contributed by atoms with Gasteiger partial charge in [-0.15, -0.1) is 0 Å². The molecule has 6 aromatic rings. The third-order valence-corrected chi connectivity index (χ3v) is 8.37. The molecule has 2 heterocycles.